The Labute approximate surface area is 196 Å². The highest BCUT2D eigenvalue weighted by Gasteiger charge is 2.35. The predicted octanol–water partition coefficient (Wildman–Crippen LogP) is 4.41. The van der Waals surface area contributed by atoms with Crippen molar-refractivity contribution in [1.29, 1.82) is 0 Å². The van der Waals surface area contributed by atoms with Gasteiger partial charge in [0, 0.05) is 56.8 Å². The number of aromatic amines is 1. The maximum atomic E-state index is 13.1. The fraction of sp³-hybridized carbons (Fsp3) is 0.231. The minimum absolute atomic E-state index is 0.346. The van der Waals surface area contributed by atoms with Crippen LogP contribution < -0.4 is 10.6 Å². The van der Waals surface area contributed by atoms with Crippen LogP contribution in [0, 0.1) is 0 Å². The van der Waals surface area contributed by atoms with Crippen LogP contribution in [0.5, 0.6) is 0 Å². The van der Waals surface area contributed by atoms with Crippen LogP contribution in [0.1, 0.15) is 24.5 Å². The highest BCUT2D eigenvalue weighted by atomic mass is 32.2. The van der Waals surface area contributed by atoms with Crippen LogP contribution in [0.4, 0.5) is 0 Å². The molecule has 3 heterocycles. The molecule has 4 aromatic rings. The normalized spacial score (nSPS) is 14.1. The van der Waals surface area contributed by atoms with E-state index in [1.807, 2.05) is 42.9 Å². The van der Waals surface area contributed by atoms with Gasteiger partial charge < -0.3 is 14.9 Å². The van der Waals surface area contributed by atoms with E-state index in [1.54, 1.807) is 11.8 Å². The number of benzene rings is 2. The molecule has 7 heteroatoms. The molecule has 0 spiro atoms. The van der Waals surface area contributed by atoms with E-state index in [9.17, 15) is 9.59 Å². The molecule has 1 aliphatic heterocycles. The monoisotopic (exact) mass is 458 g/mol. The molecule has 0 unspecified atom stereocenters. The molecule has 2 aromatic heterocycles. The molecular formula is C26H26N4O2S. The number of nitrogens with one attached hydrogen (secondary N) is 3. The number of imide groups is 1. The highest BCUT2D eigenvalue weighted by Crippen LogP contribution is 2.39. The van der Waals surface area contributed by atoms with Gasteiger partial charge in [0.05, 0.1) is 11.1 Å². The van der Waals surface area contributed by atoms with Crippen molar-refractivity contribution in [2.75, 3.05) is 19.3 Å². The summed E-state index contributed by atoms with van der Waals surface area (Å²) in [5.74, 6) is -0.699. The molecule has 3 N–H and O–H groups in total. The molecule has 168 valence electrons. The molecule has 0 saturated carbocycles. The van der Waals surface area contributed by atoms with E-state index in [2.05, 4.69) is 45.3 Å². The Morgan fingerprint density at radius 1 is 1.00 bits per heavy atom. The van der Waals surface area contributed by atoms with Crippen molar-refractivity contribution >= 4 is 56.5 Å². The lowest BCUT2D eigenvalue weighted by Gasteiger charge is -2.06. The number of nitrogens with zero attached hydrogens (tertiary/aromatic N) is 1. The van der Waals surface area contributed by atoms with Gasteiger partial charge in [-0.2, -0.15) is 0 Å². The summed E-state index contributed by atoms with van der Waals surface area (Å²) in [6.45, 7) is 4.80. The second-order valence-corrected chi connectivity index (χ2v) is 8.99. The van der Waals surface area contributed by atoms with Crippen molar-refractivity contribution in [3.8, 4) is 0 Å². The van der Waals surface area contributed by atoms with Crippen LogP contribution in [-0.4, -0.2) is 40.7 Å². The summed E-state index contributed by atoms with van der Waals surface area (Å²) < 4.78 is 2.20. The maximum absolute atomic E-state index is 13.1. The Kier molecular flexibility index (Phi) is 5.83. The third-order valence-electron chi connectivity index (χ3n) is 6.15. The quantitative estimate of drug-likeness (QED) is 0.208. The Morgan fingerprint density at radius 3 is 2.58 bits per heavy atom. The zero-order chi connectivity index (χ0) is 22.9. The lowest BCUT2D eigenvalue weighted by molar-refractivity contribution is -0.122. The topological polar surface area (TPSA) is 78.9 Å². The Morgan fingerprint density at radius 2 is 1.79 bits per heavy atom. The number of amides is 2. The summed E-state index contributed by atoms with van der Waals surface area (Å²) in [4.78, 5) is 30.5. The van der Waals surface area contributed by atoms with Crippen molar-refractivity contribution in [3.05, 3.63) is 66.0 Å². The van der Waals surface area contributed by atoms with Gasteiger partial charge in [0.25, 0.3) is 11.8 Å². The van der Waals surface area contributed by atoms with Gasteiger partial charge in [-0.15, -0.1) is 11.8 Å². The Hall–Kier alpha value is -3.29. The zero-order valence-corrected chi connectivity index (χ0v) is 19.5. The number of hydrogen-bond donors (Lipinski definition) is 3. The van der Waals surface area contributed by atoms with Crippen molar-refractivity contribution in [2.24, 2.45) is 0 Å². The first-order valence-corrected chi connectivity index (χ1v) is 12.4. The van der Waals surface area contributed by atoms with E-state index in [4.69, 9.17) is 0 Å². The molecular weight excluding hydrogens is 432 g/mol. The van der Waals surface area contributed by atoms with Gasteiger partial charge in [0.2, 0.25) is 0 Å². The molecule has 0 radical (unpaired) electrons. The maximum Gasteiger partial charge on any atom is 0.259 e. The molecule has 33 heavy (non-hydrogen) atoms. The second kappa shape index (κ2) is 8.92. The number of carbonyl (C=O) groups is 2. The number of aromatic nitrogens is 2. The van der Waals surface area contributed by atoms with E-state index < -0.39 is 0 Å². The van der Waals surface area contributed by atoms with Crippen LogP contribution >= 0.6 is 11.8 Å². The molecule has 2 aromatic carbocycles. The van der Waals surface area contributed by atoms with Gasteiger partial charge >= 0.3 is 0 Å². The summed E-state index contributed by atoms with van der Waals surface area (Å²) in [6.07, 6.45) is 6.86. The van der Waals surface area contributed by atoms with Gasteiger partial charge in [-0.3, -0.25) is 14.9 Å². The highest BCUT2D eigenvalue weighted by molar-refractivity contribution is 7.98. The molecule has 2 amide bonds. The summed E-state index contributed by atoms with van der Waals surface area (Å²) in [5, 5.41) is 7.82. The molecule has 0 saturated heterocycles. The molecule has 0 atom stereocenters. The molecule has 1 aliphatic rings. The standard InChI is InChI=1S/C26H26N4O2S/c1-3-27-11-6-12-30-15-20(18-13-16(33-2)9-10-22(18)30)24-23(25(31)29-26(24)32)19-14-28-21-8-5-4-7-17(19)21/h4-5,7-10,13-15,27-28H,3,6,11-12H2,1-2H3,(H,29,31,32). The van der Waals surface area contributed by atoms with E-state index >= 15 is 0 Å². The zero-order valence-electron chi connectivity index (χ0n) is 18.7. The Bertz CT molecular complexity index is 1410. The van der Waals surface area contributed by atoms with Crippen LogP contribution in [0.25, 0.3) is 33.0 Å². The number of rotatable bonds is 8. The predicted molar refractivity (Wildman–Crippen MR) is 135 cm³/mol. The van der Waals surface area contributed by atoms with Crippen molar-refractivity contribution in [1.82, 2.24) is 20.2 Å². The number of thioether (sulfide) groups is 1. The first kappa shape index (κ1) is 21.6. The van der Waals surface area contributed by atoms with E-state index in [1.165, 1.54) is 0 Å². The summed E-state index contributed by atoms with van der Waals surface area (Å²) in [5.41, 5.74) is 4.42. The molecule has 5 rings (SSSR count). The van der Waals surface area contributed by atoms with Gasteiger partial charge in [-0.1, -0.05) is 25.1 Å². The van der Waals surface area contributed by atoms with Crippen molar-refractivity contribution in [3.63, 3.8) is 0 Å². The van der Waals surface area contributed by atoms with Crippen LogP contribution in [-0.2, 0) is 16.1 Å². The average molecular weight is 459 g/mol. The second-order valence-electron chi connectivity index (χ2n) is 8.11. The summed E-state index contributed by atoms with van der Waals surface area (Å²) in [6, 6.07) is 14.2. The van der Waals surface area contributed by atoms with Gasteiger partial charge in [0.15, 0.2) is 0 Å². The van der Waals surface area contributed by atoms with Gasteiger partial charge in [-0.25, -0.2) is 0 Å². The molecule has 0 bridgehead atoms. The number of para-hydroxylation sites is 1. The fourth-order valence-corrected chi connectivity index (χ4v) is 5.03. The third-order valence-corrected chi connectivity index (χ3v) is 6.88. The van der Waals surface area contributed by atoms with E-state index in [0.29, 0.717) is 11.1 Å². The lowest BCUT2D eigenvalue weighted by atomic mass is 9.95. The van der Waals surface area contributed by atoms with Gasteiger partial charge in [-0.05, 0) is 50.0 Å². The third kappa shape index (κ3) is 3.77. The smallest absolute Gasteiger partial charge is 0.259 e. The first-order chi connectivity index (χ1) is 16.1. The number of H-pyrrole nitrogens is 1. The van der Waals surface area contributed by atoms with E-state index in [0.717, 1.165) is 63.9 Å². The van der Waals surface area contributed by atoms with Gasteiger partial charge in [0.1, 0.15) is 0 Å². The van der Waals surface area contributed by atoms with Crippen LogP contribution in [0.2, 0.25) is 0 Å². The van der Waals surface area contributed by atoms with Crippen molar-refractivity contribution < 1.29 is 9.59 Å². The minimum atomic E-state index is -0.353. The van der Waals surface area contributed by atoms with E-state index in [-0.39, 0.29) is 11.8 Å². The average Bonchev–Trinajstić information content (AvgIpc) is 3.49. The van der Waals surface area contributed by atoms with Crippen LogP contribution in [0.3, 0.4) is 0 Å². The molecule has 6 nitrogen and oxygen atoms in total. The number of aryl methyl sites for hydroxylation is 1. The fourth-order valence-electron chi connectivity index (χ4n) is 4.59. The minimum Gasteiger partial charge on any atom is -0.361 e. The van der Waals surface area contributed by atoms with Crippen LogP contribution in [0.15, 0.2) is 59.8 Å². The largest absolute Gasteiger partial charge is 0.361 e. The number of carbonyl (C=O) groups excluding carboxylic acids is 2. The van der Waals surface area contributed by atoms with Crippen molar-refractivity contribution in [2.45, 2.75) is 24.8 Å². The number of hydrogen-bond acceptors (Lipinski definition) is 4. The lowest BCUT2D eigenvalue weighted by Crippen LogP contribution is -2.22. The number of fused-ring (bicyclic) bond motifs is 2. The summed E-state index contributed by atoms with van der Waals surface area (Å²) >= 11 is 1.66. The summed E-state index contributed by atoms with van der Waals surface area (Å²) in [7, 11) is 0. The molecule has 0 aliphatic carbocycles. The molecule has 0 fully saturated rings. The Balaban J connectivity index is 1.71. The first-order valence-electron chi connectivity index (χ1n) is 11.2. The SMILES string of the molecule is CCNCCCn1cc(C2=C(c3c[nH]c4ccccc34)C(=O)NC2=O)c2cc(SC)ccc21.